The van der Waals surface area contributed by atoms with Crippen molar-refractivity contribution in [3.63, 3.8) is 0 Å². The monoisotopic (exact) mass is 456 g/mol. The smallest absolute Gasteiger partial charge is 0.255 e. The second-order valence-electron chi connectivity index (χ2n) is 8.33. The van der Waals surface area contributed by atoms with Gasteiger partial charge in [0.2, 0.25) is 5.79 Å². The van der Waals surface area contributed by atoms with Crippen molar-refractivity contribution in [3.8, 4) is 17.1 Å². The van der Waals surface area contributed by atoms with Gasteiger partial charge in [-0.25, -0.2) is 4.39 Å². The van der Waals surface area contributed by atoms with Crippen LogP contribution in [0.1, 0.15) is 37.0 Å². The number of amides is 1. The molecule has 33 heavy (non-hydrogen) atoms. The topological polar surface area (TPSA) is 84.2 Å². The van der Waals surface area contributed by atoms with Crippen LogP contribution in [-0.2, 0) is 4.74 Å². The zero-order valence-electron chi connectivity index (χ0n) is 19.1. The lowest BCUT2D eigenvalue weighted by Crippen LogP contribution is -2.37. The Balaban J connectivity index is 1.92. The lowest BCUT2D eigenvalue weighted by Gasteiger charge is -2.32. The Bertz CT molecular complexity index is 1130. The Morgan fingerprint density at radius 2 is 1.94 bits per heavy atom. The van der Waals surface area contributed by atoms with E-state index in [0.717, 1.165) is 12.1 Å². The molecule has 8 heteroatoms. The molecule has 2 aromatic carbocycles. The number of fused-ring (bicyclic) bond motifs is 1. The second kappa shape index (κ2) is 9.41. The van der Waals surface area contributed by atoms with Crippen molar-refractivity contribution in [2.24, 2.45) is 0 Å². The van der Waals surface area contributed by atoms with Crippen LogP contribution in [-0.4, -0.2) is 50.2 Å². The molecule has 1 amide bonds. The van der Waals surface area contributed by atoms with Crippen LogP contribution in [0.4, 0.5) is 10.1 Å². The van der Waals surface area contributed by atoms with E-state index in [1.165, 1.54) is 12.1 Å². The predicted octanol–water partition coefficient (Wildman–Crippen LogP) is 4.32. The first-order valence-corrected chi connectivity index (χ1v) is 11.2. The summed E-state index contributed by atoms with van der Waals surface area (Å²) < 4.78 is 31.2. The van der Waals surface area contributed by atoms with E-state index in [4.69, 9.17) is 13.9 Å². The van der Waals surface area contributed by atoms with Gasteiger partial charge in [0.05, 0.1) is 24.5 Å². The molecule has 1 unspecified atom stereocenters. The normalized spacial score (nSPS) is 16.0. The Morgan fingerprint density at radius 1 is 1.24 bits per heavy atom. The third-order valence-corrected chi connectivity index (χ3v) is 5.73. The molecule has 1 atom stereocenters. The zero-order valence-corrected chi connectivity index (χ0v) is 19.1. The first kappa shape index (κ1) is 23.1. The van der Waals surface area contributed by atoms with Crippen molar-refractivity contribution in [3.05, 3.63) is 47.8 Å². The molecule has 0 saturated carbocycles. The maximum absolute atomic E-state index is 13.5. The van der Waals surface area contributed by atoms with Crippen molar-refractivity contribution in [1.82, 2.24) is 5.32 Å². The fourth-order valence-electron chi connectivity index (χ4n) is 4.15. The van der Waals surface area contributed by atoms with Gasteiger partial charge in [-0.1, -0.05) is 6.92 Å². The molecular formula is C25H29FN2O5. The number of hydrogen-bond donors (Lipinski definition) is 2. The van der Waals surface area contributed by atoms with Gasteiger partial charge in [-0.05, 0) is 36.8 Å². The van der Waals surface area contributed by atoms with Crippen molar-refractivity contribution < 1.29 is 28.2 Å². The first-order valence-electron chi connectivity index (χ1n) is 11.2. The van der Waals surface area contributed by atoms with E-state index < -0.39 is 5.79 Å². The van der Waals surface area contributed by atoms with Crippen LogP contribution in [0.15, 0.2) is 40.8 Å². The van der Waals surface area contributed by atoms with Gasteiger partial charge in [0, 0.05) is 50.5 Å². The van der Waals surface area contributed by atoms with E-state index in [1.54, 1.807) is 32.2 Å². The van der Waals surface area contributed by atoms with E-state index in [-0.39, 0.29) is 11.7 Å². The number of halogens is 1. The third kappa shape index (κ3) is 4.82. The molecule has 0 aliphatic carbocycles. The minimum atomic E-state index is -1.37. The van der Waals surface area contributed by atoms with Crippen LogP contribution in [0.25, 0.3) is 22.3 Å². The number of aliphatic hydroxyl groups is 1. The summed E-state index contributed by atoms with van der Waals surface area (Å²) in [5.41, 5.74) is 2.16. The van der Waals surface area contributed by atoms with Gasteiger partial charge in [0.25, 0.3) is 5.91 Å². The highest BCUT2D eigenvalue weighted by atomic mass is 19.1. The van der Waals surface area contributed by atoms with Crippen LogP contribution < -0.4 is 15.0 Å². The highest BCUT2D eigenvalue weighted by Crippen LogP contribution is 2.41. The van der Waals surface area contributed by atoms with Crippen LogP contribution in [0.5, 0.6) is 5.75 Å². The van der Waals surface area contributed by atoms with E-state index in [2.05, 4.69) is 10.2 Å². The van der Waals surface area contributed by atoms with Gasteiger partial charge >= 0.3 is 0 Å². The SMILES string of the molecule is CCCC(C)(O)Oc1cc2c(C(=O)NC)c(-c3ccc(F)cc3)oc2cc1N1CCOCC1. The Morgan fingerprint density at radius 3 is 2.58 bits per heavy atom. The maximum Gasteiger partial charge on any atom is 0.255 e. The number of ether oxygens (including phenoxy) is 2. The van der Waals surface area contributed by atoms with E-state index >= 15 is 0 Å². The summed E-state index contributed by atoms with van der Waals surface area (Å²) in [4.78, 5) is 15.0. The number of carbonyl (C=O) groups excluding carboxylic acids is 1. The van der Waals surface area contributed by atoms with Gasteiger partial charge in [-0.2, -0.15) is 0 Å². The molecule has 0 radical (unpaired) electrons. The summed E-state index contributed by atoms with van der Waals surface area (Å²) in [5.74, 6) is -1.28. The van der Waals surface area contributed by atoms with Crippen molar-refractivity contribution in [2.75, 3.05) is 38.3 Å². The maximum atomic E-state index is 13.5. The summed E-state index contributed by atoms with van der Waals surface area (Å²) >= 11 is 0. The molecular weight excluding hydrogens is 427 g/mol. The molecule has 1 fully saturated rings. The van der Waals surface area contributed by atoms with Gasteiger partial charge in [0.15, 0.2) is 0 Å². The number of hydrogen-bond acceptors (Lipinski definition) is 6. The zero-order chi connectivity index (χ0) is 23.6. The molecule has 7 nitrogen and oxygen atoms in total. The minimum absolute atomic E-state index is 0.327. The molecule has 1 aromatic heterocycles. The van der Waals surface area contributed by atoms with Crippen LogP contribution in [0.2, 0.25) is 0 Å². The van der Waals surface area contributed by atoms with Gasteiger partial charge in [0.1, 0.15) is 22.9 Å². The summed E-state index contributed by atoms with van der Waals surface area (Å²) in [5, 5.41) is 14.0. The number of morpholine rings is 1. The molecule has 0 spiro atoms. The van der Waals surface area contributed by atoms with Crippen LogP contribution >= 0.6 is 0 Å². The lowest BCUT2D eigenvalue weighted by atomic mass is 10.0. The van der Waals surface area contributed by atoms with Crippen molar-refractivity contribution >= 4 is 22.6 Å². The second-order valence-corrected chi connectivity index (χ2v) is 8.33. The summed E-state index contributed by atoms with van der Waals surface area (Å²) in [7, 11) is 1.54. The van der Waals surface area contributed by atoms with Crippen molar-refractivity contribution in [1.29, 1.82) is 0 Å². The molecule has 1 saturated heterocycles. The van der Waals surface area contributed by atoms with Gasteiger partial charge in [-0.15, -0.1) is 0 Å². The highest BCUT2D eigenvalue weighted by Gasteiger charge is 2.29. The summed E-state index contributed by atoms with van der Waals surface area (Å²) in [6.45, 7) is 6.06. The quantitative estimate of drug-likeness (QED) is 0.515. The van der Waals surface area contributed by atoms with Crippen molar-refractivity contribution in [2.45, 2.75) is 32.5 Å². The average molecular weight is 457 g/mol. The fourth-order valence-corrected chi connectivity index (χ4v) is 4.15. The van der Waals surface area contributed by atoms with Gasteiger partial charge < -0.3 is 29.2 Å². The minimum Gasteiger partial charge on any atom is -0.461 e. The number of rotatable bonds is 7. The molecule has 1 aliphatic heterocycles. The summed E-state index contributed by atoms with van der Waals surface area (Å²) in [6, 6.07) is 9.37. The van der Waals surface area contributed by atoms with E-state index in [1.807, 2.05) is 13.0 Å². The Hall–Kier alpha value is -3.10. The highest BCUT2D eigenvalue weighted by molar-refractivity contribution is 6.12. The first-order chi connectivity index (χ1) is 15.8. The molecule has 0 bridgehead atoms. The number of nitrogens with one attached hydrogen (secondary N) is 1. The summed E-state index contributed by atoms with van der Waals surface area (Å²) in [6.07, 6.45) is 1.19. The fraction of sp³-hybridized carbons (Fsp3) is 0.400. The lowest BCUT2D eigenvalue weighted by molar-refractivity contribution is -0.126. The predicted molar refractivity (Wildman–Crippen MR) is 124 cm³/mol. The molecule has 176 valence electrons. The molecule has 2 N–H and O–H groups in total. The number of furan rings is 1. The number of nitrogens with zero attached hydrogens (tertiary/aromatic N) is 1. The largest absolute Gasteiger partial charge is 0.461 e. The van der Waals surface area contributed by atoms with E-state index in [9.17, 15) is 14.3 Å². The van der Waals surface area contributed by atoms with Crippen LogP contribution in [0, 0.1) is 5.82 Å². The standard InChI is InChI=1S/C25H29FN2O5/c1-4-9-25(2,30)33-21-14-18-20(15-19(21)28-10-12-31-13-11-28)32-23(22(18)24(29)27-3)16-5-7-17(26)8-6-16/h5-8,14-15,30H,4,9-13H2,1-3H3,(H,27,29). The molecule has 1 aliphatic rings. The Labute approximate surface area is 192 Å². The molecule has 3 aromatic rings. The number of carbonyl (C=O) groups is 1. The number of anilines is 1. The average Bonchev–Trinajstić information content (AvgIpc) is 3.17. The number of benzene rings is 2. The third-order valence-electron chi connectivity index (χ3n) is 5.73. The molecule has 2 heterocycles. The Kier molecular flexibility index (Phi) is 6.58. The van der Waals surface area contributed by atoms with E-state index in [0.29, 0.717) is 66.3 Å². The molecule has 4 rings (SSSR count). The van der Waals surface area contributed by atoms with Crippen LogP contribution in [0.3, 0.4) is 0 Å². The van der Waals surface area contributed by atoms with Gasteiger partial charge in [-0.3, -0.25) is 4.79 Å².